The lowest BCUT2D eigenvalue weighted by Gasteiger charge is -2.18. The van der Waals surface area contributed by atoms with Crippen LogP contribution in [0.2, 0.25) is 0 Å². The van der Waals surface area contributed by atoms with Gasteiger partial charge in [0.15, 0.2) is 0 Å². The Bertz CT molecular complexity index is 460. The fraction of sp³-hybridized carbons (Fsp3) is 0.417. The van der Waals surface area contributed by atoms with Gasteiger partial charge in [0.05, 0.1) is 11.0 Å². The number of carboxylic acid groups (broad SMARTS) is 1. The van der Waals surface area contributed by atoms with E-state index in [0.717, 1.165) is 4.47 Å². The lowest BCUT2D eigenvalue weighted by Crippen LogP contribution is -2.32. The van der Waals surface area contributed by atoms with Crippen molar-refractivity contribution in [1.82, 2.24) is 10.3 Å². The summed E-state index contributed by atoms with van der Waals surface area (Å²) in [6.07, 6.45) is 3.42. The minimum absolute atomic E-state index is 0.259. The first kappa shape index (κ1) is 14.6. The number of carbonyl (C=O) groups excluding carboxylic acids is 1. The van der Waals surface area contributed by atoms with Crippen molar-refractivity contribution in [2.75, 3.05) is 6.54 Å². The van der Waals surface area contributed by atoms with E-state index >= 15 is 0 Å². The molecule has 2 N–H and O–H groups in total. The van der Waals surface area contributed by atoms with Crippen LogP contribution in [-0.2, 0) is 4.79 Å². The lowest BCUT2D eigenvalue weighted by atomic mass is 9.90. The van der Waals surface area contributed by atoms with Crippen LogP contribution in [0.1, 0.15) is 30.6 Å². The monoisotopic (exact) mass is 314 g/mol. The van der Waals surface area contributed by atoms with Gasteiger partial charge in [-0.05, 0) is 42.3 Å². The zero-order valence-electron chi connectivity index (χ0n) is 10.2. The second kappa shape index (κ2) is 5.95. The number of hydrogen-bond acceptors (Lipinski definition) is 3. The van der Waals surface area contributed by atoms with Crippen molar-refractivity contribution in [3.05, 3.63) is 28.5 Å². The molecule has 0 aliphatic rings. The highest BCUT2D eigenvalue weighted by Crippen LogP contribution is 2.19. The summed E-state index contributed by atoms with van der Waals surface area (Å²) >= 11 is 3.23. The molecule has 98 valence electrons. The third-order valence-corrected chi connectivity index (χ3v) is 3.02. The van der Waals surface area contributed by atoms with Gasteiger partial charge in [0.2, 0.25) is 0 Å². The second-order valence-corrected chi connectivity index (χ2v) is 5.50. The Labute approximate surface area is 114 Å². The fourth-order valence-corrected chi connectivity index (χ4v) is 1.60. The van der Waals surface area contributed by atoms with Gasteiger partial charge in [-0.2, -0.15) is 0 Å². The molecule has 0 radical (unpaired) electrons. The normalized spacial score (nSPS) is 11.1. The molecule has 1 aromatic rings. The summed E-state index contributed by atoms with van der Waals surface area (Å²) in [6, 6.07) is 1.66. The smallest absolute Gasteiger partial charge is 0.309 e. The van der Waals surface area contributed by atoms with Crippen molar-refractivity contribution >= 4 is 27.8 Å². The topological polar surface area (TPSA) is 79.3 Å². The third kappa shape index (κ3) is 4.10. The first-order valence-electron chi connectivity index (χ1n) is 5.45. The third-order valence-electron chi connectivity index (χ3n) is 2.58. The maximum absolute atomic E-state index is 11.7. The van der Waals surface area contributed by atoms with Crippen LogP contribution in [0.25, 0.3) is 0 Å². The van der Waals surface area contributed by atoms with Crippen molar-refractivity contribution in [3.8, 4) is 0 Å². The zero-order chi connectivity index (χ0) is 13.8. The number of halogens is 1. The number of aliphatic carboxylic acids is 1. The number of carboxylic acids is 1. The average molecular weight is 315 g/mol. The first-order valence-corrected chi connectivity index (χ1v) is 6.24. The van der Waals surface area contributed by atoms with Crippen molar-refractivity contribution in [2.45, 2.75) is 20.3 Å². The molecule has 0 unspecified atom stereocenters. The van der Waals surface area contributed by atoms with Crippen LogP contribution in [0.3, 0.4) is 0 Å². The maximum atomic E-state index is 11.7. The molecule has 0 fully saturated rings. The van der Waals surface area contributed by atoms with Gasteiger partial charge >= 0.3 is 5.97 Å². The molecule has 1 rings (SSSR count). The van der Waals surface area contributed by atoms with E-state index in [1.165, 1.54) is 6.20 Å². The van der Waals surface area contributed by atoms with Gasteiger partial charge in [-0.1, -0.05) is 0 Å². The van der Waals surface area contributed by atoms with Crippen LogP contribution in [0.4, 0.5) is 0 Å². The molecule has 0 aromatic carbocycles. The molecule has 0 aliphatic heterocycles. The summed E-state index contributed by atoms with van der Waals surface area (Å²) in [6.45, 7) is 3.56. The molecule has 0 bridgehead atoms. The number of hydrogen-bond donors (Lipinski definition) is 2. The summed E-state index contributed by atoms with van der Waals surface area (Å²) in [5.41, 5.74) is -0.402. The maximum Gasteiger partial charge on any atom is 0.309 e. The van der Waals surface area contributed by atoms with E-state index in [1.807, 2.05) is 0 Å². The number of pyridine rings is 1. The van der Waals surface area contributed by atoms with Gasteiger partial charge in [-0.3, -0.25) is 14.6 Å². The molecule has 0 saturated carbocycles. The molecular weight excluding hydrogens is 300 g/mol. The highest BCUT2D eigenvalue weighted by Gasteiger charge is 2.26. The quantitative estimate of drug-likeness (QED) is 0.872. The van der Waals surface area contributed by atoms with Crippen LogP contribution in [-0.4, -0.2) is 28.5 Å². The molecule has 1 amide bonds. The largest absolute Gasteiger partial charge is 0.481 e. The molecule has 0 spiro atoms. The van der Waals surface area contributed by atoms with Crippen LogP contribution < -0.4 is 5.32 Å². The van der Waals surface area contributed by atoms with Crippen LogP contribution in [0.5, 0.6) is 0 Å². The van der Waals surface area contributed by atoms with Gasteiger partial charge in [0.25, 0.3) is 5.91 Å². The van der Waals surface area contributed by atoms with Gasteiger partial charge in [0.1, 0.15) is 0 Å². The van der Waals surface area contributed by atoms with E-state index in [9.17, 15) is 9.59 Å². The summed E-state index contributed by atoms with van der Waals surface area (Å²) in [7, 11) is 0. The number of amides is 1. The summed E-state index contributed by atoms with van der Waals surface area (Å²) in [5.74, 6) is -1.13. The summed E-state index contributed by atoms with van der Waals surface area (Å²) in [5, 5.41) is 11.6. The van der Waals surface area contributed by atoms with E-state index in [4.69, 9.17) is 5.11 Å². The molecule has 5 nitrogen and oxygen atoms in total. The Morgan fingerprint density at radius 3 is 2.67 bits per heavy atom. The van der Waals surface area contributed by atoms with Gasteiger partial charge in [-0.15, -0.1) is 0 Å². The molecule has 0 atom stereocenters. The van der Waals surface area contributed by atoms with Gasteiger partial charge in [-0.25, -0.2) is 0 Å². The Morgan fingerprint density at radius 1 is 1.44 bits per heavy atom. The van der Waals surface area contributed by atoms with Gasteiger partial charge in [0, 0.05) is 23.4 Å². The highest BCUT2D eigenvalue weighted by molar-refractivity contribution is 9.10. The van der Waals surface area contributed by atoms with Crippen molar-refractivity contribution in [2.24, 2.45) is 5.41 Å². The van der Waals surface area contributed by atoms with E-state index < -0.39 is 11.4 Å². The molecule has 0 saturated heterocycles. The Morgan fingerprint density at radius 2 is 2.11 bits per heavy atom. The van der Waals surface area contributed by atoms with E-state index in [0.29, 0.717) is 18.5 Å². The molecule has 1 aromatic heterocycles. The Kier molecular flexibility index (Phi) is 4.84. The number of rotatable bonds is 5. The first-order chi connectivity index (χ1) is 8.33. The number of nitrogens with zero attached hydrogens (tertiary/aromatic N) is 1. The number of carbonyl (C=O) groups is 2. The standard InChI is InChI=1S/C12H15BrN2O3/c1-12(2,11(17)18)3-4-15-10(16)8-5-9(13)7-14-6-8/h5-7H,3-4H2,1-2H3,(H,15,16)(H,17,18). The molecule has 6 heteroatoms. The molecule has 1 heterocycles. The molecule has 18 heavy (non-hydrogen) atoms. The van der Waals surface area contributed by atoms with Crippen LogP contribution in [0.15, 0.2) is 22.9 Å². The van der Waals surface area contributed by atoms with Crippen molar-refractivity contribution in [1.29, 1.82) is 0 Å². The summed E-state index contributed by atoms with van der Waals surface area (Å²) < 4.78 is 0.723. The predicted octanol–water partition coefficient (Wildman–Crippen LogP) is 2.07. The SMILES string of the molecule is CC(C)(CCNC(=O)c1cncc(Br)c1)C(=O)O. The lowest BCUT2D eigenvalue weighted by molar-refractivity contribution is -0.147. The molecule has 0 aliphatic carbocycles. The van der Waals surface area contributed by atoms with E-state index in [1.54, 1.807) is 26.1 Å². The van der Waals surface area contributed by atoms with Crippen LogP contribution >= 0.6 is 15.9 Å². The van der Waals surface area contributed by atoms with Crippen molar-refractivity contribution in [3.63, 3.8) is 0 Å². The Hall–Kier alpha value is -1.43. The fourth-order valence-electron chi connectivity index (χ4n) is 1.23. The Balaban J connectivity index is 2.50. The van der Waals surface area contributed by atoms with E-state index in [2.05, 4.69) is 26.2 Å². The average Bonchev–Trinajstić information content (AvgIpc) is 2.28. The van der Waals surface area contributed by atoms with E-state index in [-0.39, 0.29) is 5.91 Å². The predicted molar refractivity (Wildman–Crippen MR) is 70.3 cm³/mol. The highest BCUT2D eigenvalue weighted by atomic mass is 79.9. The number of nitrogens with one attached hydrogen (secondary N) is 1. The summed E-state index contributed by atoms with van der Waals surface area (Å²) in [4.78, 5) is 26.5. The van der Waals surface area contributed by atoms with Gasteiger partial charge < -0.3 is 10.4 Å². The van der Waals surface area contributed by atoms with Crippen molar-refractivity contribution < 1.29 is 14.7 Å². The van der Waals surface area contributed by atoms with Crippen LogP contribution in [0, 0.1) is 5.41 Å². The zero-order valence-corrected chi connectivity index (χ0v) is 11.8. The minimum atomic E-state index is -0.874. The second-order valence-electron chi connectivity index (χ2n) is 4.59. The minimum Gasteiger partial charge on any atom is -0.481 e. The number of aromatic nitrogens is 1. The molecular formula is C12H15BrN2O3.